The number of hydrogen-bond donors (Lipinski definition) is 2. The van der Waals surface area contributed by atoms with Crippen LogP contribution in [0.2, 0.25) is 0 Å². The number of aryl methyl sites for hydroxylation is 1. The normalized spacial score (nSPS) is 11.9. The van der Waals surface area contributed by atoms with Crippen molar-refractivity contribution in [2.24, 2.45) is 5.92 Å². The number of carboxylic acid groups (broad SMARTS) is 1. The maximum Gasteiger partial charge on any atom is 0.308 e. The number of hydrogen-bond acceptors (Lipinski definition) is 4. The van der Waals surface area contributed by atoms with E-state index in [1.54, 1.807) is 13.0 Å². The molecule has 0 aromatic heterocycles. The summed E-state index contributed by atoms with van der Waals surface area (Å²) in [5.74, 6) is -1.31. The zero-order valence-corrected chi connectivity index (χ0v) is 12.9. The quantitative estimate of drug-likeness (QED) is 0.582. The molecule has 1 unspecified atom stereocenters. The van der Waals surface area contributed by atoms with Crippen LogP contribution in [0.5, 0.6) is 0 Å². The summed E-state index contributed by atoms with van der Waals surface area (Å²) in [6, 6.07) is 3.07. The second-order valence-corrected chi connectivity index (χ2v) is 5.43. The number of carboxylic acids is 1. The Hall–Kier alpha value is -1.63. The predicted molar refractivity (Wildman–Crippen MR) is 80.1 cm³/mol. The first-order valence-corrected chi connectivity index (χ1v) is 7.07. The van der Waals surface area contributed by atoms with Crippen molar-refractivity contribution in [1.82, 2.24) is 0 Å². The van der Waals surface area contributed by atoms with Gasteiger partial charge in [0.15, 0.2) is 0 Å². The van der Waals surface area contributed by atoms with Crippen molar-refractivity contribution in [3.05, 3.63) is 32.3 Å². The molecule has 0 heterocycles. The Morgan fingerprint density at radius 2 is 2.20 bits per heavy atom. The molecule has 2 N–H and O–H groups in total. The molecule has 0 aliphatic rings. The van der Waals surface area contributed by atoms with Crippen molar-refractivity contribution in [2.75, 3.05) is 11.9 Å². The van der Waals surface area contributed by atoms with Gasteiger partial charge in [-0.1, -0.05) is 13.3 Å². The van der Waals surface area contributed by atoms with Crippen molar-refractivity contribution >= 4 is 33.3 Å². The molecule has 0 amide bonds. The molecule has 0 fully saturated rings. The predicted octanol–water partition coefficient (Wildman–Crippen LogP) is 3.58. The van der Waals surface area contributed by atoms with Crippen LogP contribution in [0.3, 0.4) is 0 Å². The van der Waals surface area contributed by atoms with Crippen LogP contribution in [-0.4, -0.2) is 22.5 Å². The largest absolute Gasteiger partial charge is 0.481 e. The topological polar surface area (TPSA) is 92.5 Å². The second-order valence-electron chi connectivity index (χ2n) is 4.58. The highest BCUT2D eigenvalue weighted by Crippen LogP contribution is 2.30. The van der Waals surface area contributed by atoms with Gasteiger partial charge in [-0.2, -0.15) is 0 Å². The molecule has 6 nitrogen and oxygen atoms in total. The fourth-order valence-electron chi connectivity index (χ4n) is 1.90. The number of rotatable bonds is 7. The van der Waals surface area contributed by atoms with Crippen molar-refractivity contribution in [1.29, 1.82) is 0 Å². The summed E-state index contributed by atoms with van der Waals surface area (Å²) < 4.78 is 0.551. The van der Waals surface area contributed by atoms with Gasteiger partial charge < -0.3 is 10.4 Å². The molecular weight excluding hydrogens is 328 g/mol. The Labute approximate surface area is 125 Å². The summed E-state index contributed by atoms with van der Waals surface area (Å²) >= 11 is 3.26. The first-order valence-electron chi connectivity index (χ1n) is 6.28. The van der Waals surface area contributed by atoms with E-state index < -0.39 is 16.8 Å². The van der Waals surface area contributed by atoms with Crippen molar-refractivity contribution in [2.45, 2.75) is 26.7 Å². The first kappa shape index (κ1) is 16.4. The van der Waals surface area contributed by atoms with Gasteiger partial charge in [0.25, 0.3) is 5.69 Å². The van der Waals surface area contributed by atoms with E-state index >= 15 is 0 Å². The van der Waals surface area contributed by atoms with Crippen molar-refractivity contribution < 1.29 is 14.8 Å². The summed E-state index contributed by atoms with van der Waals surface area (Å²) in [7, 11) is 0. The maximum atomic E-state index is 11.1. The Morgan fingerprint density at radius 1 is 1.55 bits per heavy atom. The van der Waals surface area contributed by atoms with E-state index in [1.165, 1.54) is 6.07 Å². The van der Waals surface area contributed by atoms with Gasteiger partial charge in [-0.3, -0.25) is 14.9 Å². The Balaban J connectivity index is 2.85. The third-order valence-corrected chi connectivity index (χ3v) is 3.66. The number of aliphatic carboxylic acids is 1. The number of nitro benzene ring substituents is 1. The Kier molecular flexibility index (Phi) is 5.94. The third kappa shape index (κ3) is 4.19. The second kappa shape index (κ2) is 7.23. The molecule has 1 aromatic rings. The highest BCUT2D eigenvalue weighted by molar-refractivity contribution is 9.10. The first-order chi connectivity index (χ1) is 9.36. The molecule has 1 rings (SSSR count). The number of carbonyl (C=O) groups is 1. The van der Waals surface area contributed by atoms with Crippen LogP contribution in [0.15, 0.2) is 16.6 Å². The minimum Gasteiger partial charge on any atom is -0.481 e. The maximum absolute atomic E-state index is 11.1. The van der Waals surface area contributed by atoms with Crippen LogP contribution in [0.1, 0.15) is 25.3 Å². The molecular formula is C13H17BrN2O4. The van der Waals surface area contributed by atoms with Gasteiger partial charge in [0.2, 0.25) is 0 Å². The van der Waals surface area contributed by atoms with E-state index in [9.17, 15) is 14.9 Å². The van der Waals surface area contributed by atoms with Gasteiger partial charge in [0, 0.05) is 28.3 Å². The van der Waals surface area contributed by atoms with Crippen LogP contribution in [0.4, 0.5) is 11.4 Å². The lowest BCUT2D eigenvalue weighted by atomic mass is 10.0. The fourth-order valence-corrected chi connectivity index (χ4v) is 2.37. The SMILES string of the molecule is CCCC(CNc1cc(C)c([N+](=O)[O-])cc1Br)C(=O)O. The highest BCUT2D eigenvalue weighted by Gasteiger charge is 2.18. The van der Waals surface area contributed by atoms with Gasteiger partial charge in [-0.25, -0.2) is 0 Å². The molecule has 7 heteroatoms. The van der Waals surface area contributed by atoms with Gasteiger partial charge in [-0.15, -0.1) is 0 Å². The average Bonchev–Trinajstić information content (AvgIpc) is 2.36. The van der Waals surface area contributed by atoms with E-state index in [0.29, 0.717) is 28.7 Å². The van der Waals surface area contributed by atoms with Crippen LogP contribution in [0, 0.1) is 23.0 Å². The zero-order valence-electron chi connectivity index (χ0n) is 11.4. The molecule has 1 atom stereocenters. The lowest BCUT2D eigenvalue weighted by molar-refractivity contribution is -0.385. The highest BCUT2D eigenvalue weighted by atomic mass is 79.9. The molecule has 0 aliphatic heterocycles. The summed E-state index contributed by atoms with van der Waals surface area (Å²) in [4.78, 5) is 21.4. The molecule has 0 saturated heterocycles. The van der Waals surface area contributed by atoms with Gasteiger partial charge in [0.05, 0.1) is 10.8 Å². The number of halogens is 1. The molecule has 0 spiro atoms. The summed E-state index contributed by atoms with van der Waals surface area (Å²) in [6.07, 6.45) is 1.38. The van der Waals surface area contributed by atoms with Crippen LogP contribution in [0.25, 0.3) is 0 Å². The van der Waals surface area contributed by atoms with Crippen LogP contribution >= 0.6 is 15.9 Å². The van der Waals surface area contributed by atoms with Crippen molar-refractivity contribution in [3.8, 4) is 0 Å². The summed E-state index contributed by atoms with van der Waals surface area (Å²) in [5.41, 5.74) is 1.23. The monoisotopic (exact) mass is 344 g/mol. The average molecular weight is 345 g/mol. The van der Waals surface area contributed by atoms with E-state index in [2.05, 4.69) is 21.2 Å². The van der Waals surface area contributed by atoms with Gasteiger partial charge >= 0.3 is 5.97 Å². The van der Waals surface area contributed by atoms with E-state index in [0.717, 1.165) is 6.42 Å². The Morgan fingerprint density at radius 3 is 2.70 bits per heavy atom. The number of nitrogens with one attached hydrogen (secondary N) is 1. The summed E-state index contributed by atoms with van der Waals surface area (Å²) in [5, 5.41) is 22.9. The third-order valence-electron chi connectivity index (χ3n) is 3.01. The minimum atomic E-state index is -0.839. The standard InChI is InChI=1S/C13H17BrN2O4/c1-3-4-9(13(17)18)7-15-11-5-8(2)12(16(19)20)6-10(11)14/h5-6,9,15H,3-4,7H2,1-2H3,(H,17,18). The Bertz CT molecular complexity index is 519. The fraction of sp³-hybridized carbons (Fsp3) is 0.462. The van der Waals surface area contributed by atoms with Crippen molar-refractivity contribution in [3.63, 3.8) is 0 Å². The number of anilines is 1. The zero-order chi connectivity index (χ0) is 15.3. The lowest BCUT2D eigenvalue weighted by Crippen LogP contribution is -2.22. The minimum absolute atomic E-state index is 0.0331. The van der Waals surface area contributed by atoms with Crippen LogP contribution in [-0.2, 0) is 4.79 Å². The summed E-state index contributed by atoms with van der Waals surface area (Å²) in [6.45, 7) is 3.87. The molecule has 1 aromatic carbocycles. The molecule has 0 bridgehead atoms. The van der Waals surface area contributed by atoms with Gasteiger partial charge in [-0.05, 0) is 35.3 Å². The molecule has 0 radical (unpaired) electrons. The number of nitro groups is 1. The van der Waals surface area contributed by atoms with E-state index in [1.807, 2.05) is 6.92 Å². The smallest absolute Gasteiger partial charge is 0.308 e. The number of nitrogens with zero attached hydrogens (tertiary/aromatic N) is 1. The van der Waals surface area contributed by atoms with Gasteiger partial charge in [0.1, 0.15) is 0 Å². The van der Waals surface area contributed by atoms with Crippen LogP contribution < -0.4 is 5.32 Å². The lowest BCUT2D eigenvalue weighted by Gasteiger charge is -2.15. The van der Waals surface area contributed by atoms with E-state index in [4.69, 9.17) is 5.11 Å². The molecule has 0 saturated carbocycles. The molecule has 20 heavy (non-hydrogen) atoms. The van der Waals surface area contributed by atoms with E-state index in [-0.39, 0.29) is 5.69 Å². The number of benzene rings is 1. The molecule has 110 valence electrons. The molecule has 0 aliphatic carbocycles.